The van der Waals surface area contributed by atoms with Crippen LogP contribution in [0.15, 0.2) is 54.7 Å². The molecule has 1 aromatic heterocycles. The maximum absolute atomic E-state index is 12.7. The summed E-state index contributed by atoms with van der Waals surface area (Å²) in [5.74, 6) is 0.404. The fourth-order valence-electron chi connectivity index (χ4n) is 1.90. The lowest BCUT2D eigenvalue weighted by atomic mass is 10.3. The van der Waals surface area contributed by atoms with Crippen LogP contribution in [0.5, 0.6) is 0 Å². The van der Waals surface area contributed by atoms with Gasteiger partial charge in [-0.25, -0.2) is 19.5 Å². The van der Waals surface area contributed by atoms with Crippen LogP contribution in [0.2, 0.25) is 0 Å². The molecule has 2 rings (SSSR count). The van der Waals surface area contributed by atoms with E-state index in [-0.39, 0.29) is 6.54 Å². The summed E-state index contributed by atoms with van der Waals surface area (Å²) >= 11 is 0. The Labute approximate surface area is 133 Å². The number of nitrogens with zero attached hydrogens (tertiary/aromatic N) is 3. The first-order valence-corrected chi connectivity index (χ1v) is 6.90. The summed E-state index contributed by atoms with van der Waals surface area (Å²) in [4.78, 5) is 41.7. The number of urea groups is 2. The van der Waals surface area contributed by atoms with Crippen LogP contribution in [0.4, 0.5) is 21.1 Å². The van der Waals surface area contributed by atoms with E-state index < -0.39 is 12.1 Å². The van der Waals surface area contributed by atoms with E-state index in [9.17, 15) is 14.4 Å². The predicted molar refractivity (Wildman–Crippen MR) is 86.4 cm³/mol. The standard InChI is InChI=1S/C16H16N4O3/c1-19(14-9-5-6-10-17-14)16(23)20(15(22)18-11-12-21)13-7-3-2-4-8-13/h2-10,12H,11H2,1H3,(H,18,22). The average molecular weight is 312 g/mol. The molecule has 0 spiro atoms. The second-order valence-electron chi connectivity index (χ2n) is 4.55. The maximum atomic E-state index is 12.7. The van der Waals surface area contributed by atoms with Crippen molar-refractivity contribution in [3.8, 4) is 0 Å². The number of hydrogen-bond acceptors (Lipinski definition) is 4. The van der Waals surface area contributed by atoms with E-state index in [1.807, 2.05) is 0 Å². The first-order valence-electron chi connectivity index (χ1n) is 6.90. The summed E-state index contributed by atoms with van der Waals surface area (Å²) in [7, 11) is 1.52. The van der Waals surface area contributed by atoms with Crippen LogP contribution < -0.4 is 15.1 Å². The van der Waals surface area contributed by atoms with Gasteiger partial charge >= 0.3 is 12.1 Å². The van der Waals surface area contributed by atoms with Gasteiger partial charge in [0, 0.05) is 13.2 Å². The first kappa shape index (κ1) is 16.2. The summed E-state index contributed by atoms with van der Waals surface area (Å²) in [5.41, 5.74) is 0.392. The second-order valence-corrected chi connectivity index (χ2v) is 4.55. The van der Waals surface area contributed by atoms with E-state index in [4.69, 9.17) is 0 Å². The van der Waals surface area contributed by atoms with E-state index in [0.717, 1.165) is 4.90 Å². The number of aromatic nitrogens is 1. The van der Waals surface area contributed by atoms with Crippen molar-refractivity contribution in [2.75, 3.05) is 23.4 Å². The van der Waals surface area contributed by atoms with Crippen LogP contribution >= 0.6 is 0 Å². The normalized spacial score (nSPS) is 9.78. The summed E-state index contributed by atoms with van der Waals surface area (Å²) in [6.45, 7) is -0.178. The van der Waals surface area contributed by atoms with Crippen LogP contribution in [0.1, 0.15) is 0 Å². The highest BCUT2D eigenvalue weighted by molar-refractivity contribution is 6.18. The van der Waals surface area contributed by atoms with Crippen molar-refractivity contribution in [1.82, 2.24) is 10.3 Å². The largest absolute Gasteiger partial charge is 0.338 e. The van der Waals surface area contributed by atoms with Crippen molar-refractivity contribution in [3.63, 3.8) is 0 Å². The van der Waals surface area contributed by atoms with Crippen LogP contribution in [-0.4, -0.2) is 36.9 Å². The number of benzene rings is 1. The highest BCUT2D eigenvalue weighted by atomic mass is 16.2. The number of pyridine rings is 1. The fourth-order valence-corrected chi connectivity index (χ4v) is 1.90. The minimum atomic E-state index is -0.684. The van der Waals surface area contributed by atoms with Gasteiger partial charge in [0.2, 0.25) is 0 Å². The van der Waals surface area contributed by atoms with Crippen LogP contribution in [0, 0.1) is 0 Å². The zero-order valence-electron chi connectivity index (χ0n) is 12.5. The molecule has 1 aromatic carbocycles. The molecule has 7 heteroatoms. The summed E-state index contributed by atoms with van der Waals surface area (Å²) in [5, 5.41) is 2.37. The monoisotopic (exact) mass is 312 g/mol. The maximum Gasteiger partial charge on any atom is 0.338 e. The molecular weight excluding hydrogens is 296 g/mol. The molecule has 4 amide bonds. The second kappa shape index (κ2) is 7.69. The van der Waals surface area contributed by atoms with E-state index in [1.165, 1.54) is 11.9 Å². The van der Waals surface area contributed by atoms with Gasteiger partial charge in [0.05, 0.1) is 12.2 Å². The molecule has 1 heterocycles. The molecular formula is C16H16N4O3. The lowest BCUT2D eigenvalue weighted by molar-refractivity contribution is -0.107. The Balaban J connectivity index is 2.31. The molecule has 0 atom stereocenters. The minimum Gasteiger partial charge on any atom is -0.330 e. The molecule has 0 saturated heterocycles. The van der Waals surface area contributed by atoms with Crippen molar-refractivity contribution >= 4 is 29.9 Å². The zero-order valence-corrected chi connectivity index (χ0v) is 12.5. The van der Waals surface area contributed by atoms with Crippen LogP contribution in [0.25, 0.3) is 0 Å². The van der Waals surface area contributed by atoms with Gasteiger partial charge in [-0.05, 0) is 24.3 Å². The Hall–Kier alpha value is -3.22. The SMILES string of the molecule is CN(C(=O)N(C(=O)NCC=O)c1ccccc1)c1ccccn1. The number of para-hydroxylation sites is 1. The van der Waals surface area contributed by atoms with Crippen molar-refractivity contribution in [2.45, 2.75) is 0 Å². The summed E-state index contributed by atoms with van der Waals surface area (Å²) < 4.78 is 0. The van der Waals surface area contributed by atoms with Crippen molar-refractivity contribution in [1.29, 1.82) is 0 Å². The molecule has 2 aromatic rings. The molecule has 23 heavy (non-hydrogen) atoms. The van der Waals surface area contributed by atoms with Crippen molar-refractivity contribution in [2.24, 2.45) is 0 Å². The molecule has 0 aliphatic heterocycles. The van der Waals surface area contributed by atoms with Gasteiger partial charge in [0.25, 0.3) is 0 Å². The Bertz CT molecular complexity index is 676. The summed E-state index contributed by atoms with van der Waals surface area (Å²) in [6.07, 6.45) is 2.10. The van der Waals surface area contributed by atoms with Crippen molar-refractivity contribution in [3.05, 3.63) is 54.7 Å². The number of carbonyl (C=O) groups is 3. The molecule has 1 N–H and O–H groups in total. The number of aldehydes is 1. The molecule has 0 fully saturated rings. The van der Waals surface area contributed by atoms with Crippen LogP contribution in [0.3, 0.4) is 0 Å². The predicted octanol–water partition coefficient (Wildman–Crippen LogP) is 2.05. The highest BCUT2D eigenvalue weighted by Gasteiger charge is 2.27. The Morgan fingerprint density at radius 2 is 1.83 bits per heavy atom. The Morgan fingerprint density at radius 3 is 2.43 bits per heavy atom. The minimum absolute atomic E-state index is 0.178. The summed E-state index contributed by atoms with van der Waals surface area (Å²) in [6, 6.07) is 12.3. The molecule has 0 radical (unpaired) electrons. The van der Waals surface area contributed by atoms with Gasteiger partial charge in [-0.1, -0.05) is 24.3 Å². The molecule has 118 valence electrons. The zero-order chi connectivity index (χ0) is 16.7. The van der Waals surface area contributed by atoms with Gasteiger partial charge in [-0.15, -0.1) is 0 Å². The third-order valence-electron chi connectivity index (χ3n) is 3.03. The number of nitrogens with one attached hydrogen (secondary N) is 1. The topological polar surface area (TPSA) is 82.6 Å². The molecule has 0 saturated carbocycles. The molecule has 0 aliphatic carbocycles. The first-order chi connectivity index (χ1) is 11.1. The molecule has 7 nitrogen and oxygen atoms in total. The molecule has 0 aliphatic rings. The Morgan fingerprint density at radius 1 is 1.13 bits per heavy atom. The highest BCUT2D eigenvalue weighted by Crippen LogP contribution is 2.18. The smallest absolute Gasteiger partial charge is 0.330 e. The van der Waals surface area contributed by atoms with E-state index >= 15 is 0 Å². The van der Waals surface area contributed by atoms with Crippen molar-refractivity contribution < 1.29 is 14.4 Å². The number of anilines is 2. The molecule has 0 bridgehead atoms. The lowest BCUT2D eigenvalue weighted by Crippen LogP contribution is -2.50. The number of rotatable bonds is 4. The lowest BCUT2D eigenvalue weighted by Gasteiger charge is -2.26. The van der Waals surface area contributed by atoms with E-state index in [2.05, 4.69) is 10.3 Å². The van der Waals surface area contributed by atoms with Gasteiger partial charge in [-0.2, -0.15) is 0 Å². The number of imide groups is 1. The van der Waals surface area contributed by atoms with E-state index in [1.54, 1.807) is 54.7 Å². The van der Waals surface area contributed by atoms with Gasteiger partial charge in [-0.3, -0.25) is 4.90 Å². The quantitative estimate of drug-likeness (QED) is 0.876. The third-order valence-corrected chi connectivity index (χ3v) is 3.03. The molecule has 0 unspecified atom stereocenters. The fraction of sp³-hybridized carbons (Fsp3) is 0.125. The Kier molecular flexibility index (Phi) is 5.40. The van der Waals surface area contributed by atoms with E-state index in [0.29, 0.717) is 17.8 Å². The number of carbonyl (C=O) groups excluding carboxylic acids is 3. The van der Waals surface area contributed by atoms with Gasteiger partial charge < -0.3 is 10.1 Å². The van der Waals surface area contributed by atoms with Gasteiger partial charge in [0.1, 0.15) is 12.1 Å². The van der Waals surface area contributed by atoms with Crippen LogP contribution in [-0.2, 0) is 4.79 Å². The average Bonchev–Trinajstić information content (AvgIpc) is 2.61. The number of amides is 4. The van der Waals surface area contributed by atoms with Gasteiger partial charge in [0.15, 0.2) is 0 Å². The number of hydrogen-bond donors (Lipinski definition) is 1. The third kappa shape index (κ3) is 3.91.